The number of amides is 1. The SMILES string of the molecule is O=C(N/N=C\c1ccc(-c2ccc(Cl)c([N+](=O)[O-])c2)o1)c1cccc(Cl)c1. The average Bonchev–Trinajstić information content (AvgIpc) is 3.10. The predicted molar refractivity (Wildman–Crippen MR) is 102 cm³/mol. The summed E-state index contributed by atoms with van der Waals surface area (Å²) < 4.78 is 5.56. The standard InChI is InChI=1S/C18H11Cl2N3O4/c19-13-3-1-2-12(8-13)18(24)22-21-10-14-5-7-17(27-14)11-4-6-15(20)16(9-11)23(25)26/h1-10H,(H,22,24)/b21-10-. The Morgan fingerprint density at radius 3 is 2.70 bits per heavy atom. The van der Waals surface area contributed by atoms with Gasteiger partial charge >= 0.3 is 0 Å². The molecule has 0 radical (unpaired) electrons. The first kappa shape index (κ1) is 18.6. The molecule has 0 aliphatic carbocycles. The van der Waals surface area contributed by atoms with E-state index in [1.165, 1.54) is 24.4 Å². The van der Waals surface area contributed by atoms with Gasteiger partial charge in [0.1, 0.15) is 16.5 Å². The van der Waals surface area contributed by atoms with E-state index in [0.29, 0.717) is 27.7 Å². The van der Waals surface area contributed by atoms with E-state index in [1.54, 1.807) is 36.4 Å². The Kier molecular flexibility index (Phi) is 5.54. The highest BCUT2D eigenvalue weighted by atomic mass is 35.5. The third-order valence-electron chi connectivity index (χ3n) is 3.50. The summed E-state index contributed by atoms with van der Waals surface area (Å²) in [5, 5.41) is 15.3. The van der Waals surface area contributed by atoms with Crippen molar-refractivity contribution in [2.24, 2.45) is 5.10 Å². The summed E-state index contributed by atoms with van der Waals surface area (Å²) in [5.41, 5.74) is 3.01. The van der Waals surface area contributed by atoms with Crippen LogP contribution in [0.3, 0.4) is 0 Å². The number of hydrogen-bond acceptors (Lipinski definition) is 5. The van der Waals surface area contributed by atoms with Gasteiger partial charge < -0.3 is 4.42 Å². The summed E-state index contributed by atoms with van der Waals surface area (Å²) in [6.45, 7) is 0. The number of hydrogen-bond donors (Lipinski definition) is 1. The van der Waals surface area contributed by atoms with Gasteiger partial charge in [0, 0.05) is 22.2 Å². The Morgan fingerprint density at radius 1 is 1.15 bits per heavy atom. The molecule has 9 heteroatoms. The number of nitro groups is 1. The number of benzene rings is 2. The van der Waals surface area contributed by atoms with Gasteiger partial charge in [-0.25, -0.2) is 5.43 Å². The van der Waals surface area contributed by atoms with E-state index >= 15 is 0 Å². The van der Waals surface area contributed by atoms with Crippen LogP contribution in [0.2, 0.25) is 10.0 Å². The summed E-state index contributed by atoms with van der Waals surface area (Å²) in [7, 11) is 0. The number of nitrogens with one attached hydrogen (secondary N) is 1. The van der Waals surface area contributed by atoms with Crippen molar-refractivity contribution in [2.45, 2.75) is 0 Å². The zero-order valence-corrected chi connectivity index (χ0v) is 15.1. The van der Waals surface area contributed by atoms with Crippen molar-refractivity contribution < 1.29 is 14.1 Å². The molecule has 7 nitrogen and oxygen atoms in total. The topological polar surface area (TPSA) is 97.7 Å². The largest absolute Gasteiger partial charge is 0.455 e. The van der Waals surface area contributed by atoms with Gasteiger partial charge in [0.2, 0.25) is 0 Å². The number of halogens is 2. The molecule has 1 aromatic heterocycles. The molecule has 3 aromatic rings. The van der Waals surface area contributed by atoms with Gasteiger partial charge in [-0.1, -0.05) is 29.3 Å². The summed E-state index contributed by atoms with van der Waals surface area (Å²) in [5.74, 6) is 0.334. The molecule has 136 valence electrons. The number of rotatable bonds is 5. The predicted octanol–water partition coefficient (Wildman–Crippen LogP) is 4.93. The average molecular weight is 404 g/mol. The van der Waals surface area contributed by atoms with Gasteiger partial charge in [0.25, 0.3) is 11.6 Å². The molecule has 0 spiro atoms. The van der Waals surface area contributed by atoms with E-state index in [4.69, 9.17) is 27.6 Å². The van der Waals surface area contributed by atoms with E-state index in [1.807, 2.05) is 0 Å². The second-order valence-electron chi connectivity index (χ2n) is 5.33. The lowest BCUT2D eigenvalue weighted by atomic mass is 10.1. The van der Waals surface area contributed by atoms with Gasteiger partial charge in [-0.05, 0) is 42.5 Å². The lowest BCUT2D eigenvalue weighted by Crippen LogP contribution is -2.17. The minimum atomic E-state index is -0.567. The lowest BCUT2D eigenvalue weighted by Gasteiger charge is -2.00. The van der Waals surface area contributed by atoms with Crippen LogP contribution in [0.5, 0.6) is 0 Å². The highest BCUT2D eigenvalue weighted by molar-refractivity contribution is 6.32. The van der Waals surface area contributed by atoms with E-state index in [-0.39, 0.29) is 10.7 Å². The van der Waals surface area contributed by atoms with Crippen LogP contribution in [0.25, 0.3) is 11.3 Å². The van der Waals surface area contributed by atoms with Crippen molar-refractivity contribution in [1.29, 1.82) is 0 Å². The Morgan fingerprint density at radius 2 is 1.96 bits per heavy atom. The third kappa shape index (κ3) is 4.52. The molecule has 1 N–H and O–H groups in total. The first-order chi connectivity index (χ1) is 12.9. The number of nitrogens with zero attached hydrogens (tertiary/aromatic N) is 2. The van der Waals surface area contributed by atoms with Gasteiger partial charge in [0.15, 0.2) is 0 Å². The quantitative estimate of drug-likeness (QED) is 0.371. The first-order valence-corrected chi connectivity index (χ1v) is 8.33. The molecule has 3 rings (SSSR count). The molecular weight excluding hydrogens is 393 g/mol. The van der Waals surface area contributed by atoms with Crippen molar-refractivity contribution in [3.63, 3.8) is 0 Å². The lowest BCUT2D eigenvalue weighted by molar-refractivity contribution is -0.384. The Balaban J connectivity index is 1.71. The van der Waals surface area contributed by atoms with Crippen LogP contribution in [0.1, 0.15) is 16.1 Å². The van der Waals surface area contributed by atoms with Gasteiger partial charge in [-0.3, -0.25) is 14.9 Å². The second-order valence-corrected chi connectivity index (χ2v) is 6.18. The number of carbonyl (C=O) groups excluding carboxylic acids is 1. The highest BCUT2D eigenvalue weighted by Gasteiger charge is 2.15. The molecule has 0 aliphatic rings. The van der Waals surface area contributed by atoms with Crippen LogP contribution in [0.15, 0.2) is 64.1 Å². The zero-order valence-electron chi connectivity index (χ0n) is 13.6. The molecular formula is C18H11Cl2N3O4. The summed E-state index contributed by atoms with van der Waals surface area (Å²) in [4.78, 5) is 22.4. The highest BCUT2D eigenvalue weighted by Crippen LogP contribution is 2.31. The Bertz CT molecular complexity index is 1050. The molecule has 1 heterocycles. The van der Waals surface area contributed by atoms with E-state index < -0.39 is 10.8 Å². The summed E-state index contributed by atoms with van der Waals surface area (Å²) in [6, 6.07) is 14.0. The fourth-order valence-electron chi connectivity index (χ4n) is 2.23. The maximum atomic E-state index is 12.0. The molecule has 0 atom stereocenters. The first-order valence-electron chi connectivity index (χ1n) is 7.57. The van der Waals surface area contributed by atoms with Gasteiger partial charge in [-0.2, -0.15) is 5.10 Å². The number of furan rings is 1. The molecule has 2 aromatic carbocycles. The van der Waals surface area contributed by atoms with Gasteiger partial charge in [-0.15, -0.1) is 0 Å². The Labute approximate surface area is 163 Å². The van der Waals surface area contributed by atoms with Crippen LogP contribution in [-0.2, 0) is 0 Å². The van der Waals surface area contributed by atoms with E-state index in [9.17, 15) is 14.9 Å². The minimum absolute atomic E-state index is 0.0424. The molecule has 0 saturated heterocycles. The van der Waals surface area contributed by atoms with Crippen LogP contribution < -0.4 is 5.43 Å². The fourth-order valence-corrected chi connectivity index (χ4v) is 2.61. The molecule has 0 saturated carbocycles. The molecule has 0 bridgehead atoms. The summed E-state index contributed by atoms with van der Waals surface area (Å²) >= 11 is 11.6. The number of nitro benzene ring substituents is 1. The van der Waals surface area contributed by atoms with Crippen molar-refractivity contribution in [3.8, 4) is 11.3 Å². The van der Waals surface area contributed by atoms with Crippen molar-refractivity contribution in [2.75, 3.05) is 0 Å². The molecule has 0 fully saturated rings. The summed E-state index contributed by atoms with van der Waals surface area (Å²) in [6.07, 6.45) is 1.32. The smallest absolute Gasteiger partial charge is 0.288 e. The molecule has 27 heavy (non-hydrogen) atoms. The maximum absolute atomic E-state index is 12.0. The third-order valence-corrected chi connectivity index (χ3v) is 4.05. The monoisotopic (exact) mass is 403 g/mol. The normalized spacial score (nSPS) is 10.9. The number of hydrazone groups is 1. The van der Waals surface area contributed by atoms with E-state index in [2.05, 4.69) is 10.5 Å². The van der Waals surface area contributed by atoms with Crippen molar-refractivity contribution >= 4 is 41.0 Å². The second kappa shape index (κ2) is 8.03. The fraction of sp³-hybridized carbons (Fsp3) is 0. The van der Waals surface area contributed by atoms with Crippen molar-refractivity contribution in [1.82, 2.24) is 5.43 Å². The van der Waals surface area contributed by atoms with Crippen LogP contribution in [0.4, 0.5) is 5.69 Å². The van der Waals surface area contributed by atoms with Crippen LogP contribution in [0, 0.1) is 10.1 Å². The molecule has 1 amide bonds. The van der Waals surface area contributed by atoms with Gasteiger partial charge in [0.05, 0.1) is 11.1 Å². The van der Waals surface area contributed by atoms with Crippen LogP contribution >= 0.6 is 23.2 Å². The maximum Gasteiger partial charge on any atom is 0.288 e. The molecule has 0 unspecified atom stereocenters. The Hall–Kier alpha value is -3.16. The number of carbonyl (C=O) groups is 1. The van der Waals surface area contributed by atoms with E-state index in [0.717, 1.165) is 0 Å². The van der Waals surface area contributed by atoms with Crippen LogP contribution in [-0.4, -0.2) is 17.0 Å². The minimum Gasteiger partial charge on any atom is -0.455 e. The molecule has 0 aliphatic heterocycles. The van der Waals surface area contributed by atoms with Crippen molar-refractivity contribution in [3.05, 3.63) is 86.1 Å². The zero-order chi connectivity index (χ0) is 19.4.